The summed E-state index contributed by atoms with van der Waals surface area (Å²) in [6.07, 6.45) is 0. The van der Waals surface area contributed by atoms with Gasteiger partial charge in [-0.1, -0.05) is 0 Å². The molecule has 1 aromatic rings. The third-order valence-corrected chi connectivity index (χ3v) is 1.92. The van der Waals surface area contributed by atoms with Gasteiger partial charge in [-0.15, -0.1) is 12.6 Å². The molecule has 0 aliphatic heterocycles. The lowest BCUT2D eigenvalue weighted by Gasteiger charge is -2.02. The molecular formula is C9H8N2O2S. The molecule has 0 amide bonds. The molecule has 5 heteroatoms. The molecule has 0 unspecified atom stereocenters. The number of anilines is 1. The van der Waals surface area contributed by atoms with Crippen LogP contribution in [0.3, 0.4) is 0 Å². The highest BCUT2D eigenvalue weighted by Crippen LogP contribution is 2.18. The summed E-state index contributed by atoms with van der Waals surface area (Å²) in [7, 11) is 0. The van der Waals surface area contributed by atoms with E-state index >= 15 is 0 Å². The quantitative estimate of drug-likeness (QED) is 0.435. The Kier molecular flexibility index (Phi) is 3.37. The lowest BCUT2D eigenvalue weighted by Crippen LogP contribution is -2.05. The van der Waals surface area contributed by atoms with Gasteiger partial charge < -0.3 is 10.5 Å². The molecule has 0 radical (unpaired) electrons. The van der Waals surface area contributed by atoms with Crippen molar-refractivity contribution in [3.8, 4) is 6.07 Å². The Hall–Kier alpha value is -1.67. The van der Waals surface area contributed by atoms with Crippen molar-refractivity contribution in [1.29, 1.82) is 5.26 Å². The van der Waals surface area contributed by atoms with Crippen LogP contribution in [0.4, 0.5) is 5.69 Å². The van der Waals surface area contributed by atoms with E-state index in [1.54, 1.807) is 12.1 Å². The molecule has 2 N–H and O–H groups in total. The van der Waals surface area contributed by atoms with Crippen molar-refractivity contribution in [3.05, 3.63) is 23.8 Å². The largest absolute Gasteiger partial charge is 0.447 e. The second-order valence-corrected chi connectivity index (χ2v) is 2.99. The third-order valence-electron chi connectivity index (χ3n) is 1.53. The van der Waals surface area contributed by atoms with Gasteiger partial charge >= 0.3 is 5.97 Å². The van der Waals surface area contributed by atoms with Crippen LogP contribution < -0.4 is 5.73 Å². The van der Waals surface area contributed by atoms with E-state index in [0.717, 1.165) is 0 Å². The van der Waals surface area contributed by atoms with Crippen molar-refractivity contribution in [1.82, 2.24) is 0 Å². The summed E-state index contributed by atoms with van der Waals surface area (Å²) in [5, 5.41) is 8.20. The SMILES string of the molecule is N#CCOC(=O)c1ccc(N)c(S)c1. The minimum Gasteiger partial charge on any atom is -0.447 e. The molecule has 0 aliphatic rings. The van der Waals surface area contributed by atoms with Crippen molar-refractivity contribution in [2.24, 2.45) is 0 Å². The van der Waals surface area contributed by atoms with Crippen molar-refractivity contribution in [2.45, 2.75) is 4.90 Å². The average Bonchev–Trinajstić information content (AvgIpc) is 2.18. The first kappa shape index (κ1) is 10.4. The first-order chi connectivity index (χ1) is 6.65. The highest BCUT2D eigenvalue weighted by molar-refractivity contribution is 7.80. The number of benzene rings is 1. The summed E-state index contributed by atoms with van der Waals surface area (Å²) in [6, 6.07) is 6.29. The number of ether oxygens (including phenoxy) is 1. The van der Waals surface area contributed by atoms with Crippen LogP contribution in [0.1, 0.15) is 10.4 Å². The van der Waals surface area contributed by atoms with Crippen molar-refractivity contribution >= 4 is 24.3 Å². The smallest absolute Gasteiger partial charge is 0.339 e. The fraction of sp³-hybridized carbons (Fsp3) is 0.111. The molecule has 0 atom stereocenters. The van der Waals surface area contributed by atoms with Crippen LogP contribution >= 0.6 is 12.6 Å². The second-order valence-electron chi connectivity index (χ2n) is 2.51. The van der Waals surface area contributed by atoms with Crippen LogP contribution in [-0.2, 0) is 4.74 Å². The lowest BCUT2D eigenvalue weighted by atomic mass is 10.2. The lowest BCUT2D eigenvalue weighted by molar-refractivity contribution is 0.0555. The third kappa shape index (κ3) is 2.41. The maximum atomic E-state index is 11.2. The zero-order chi connectivity index (χ0) is 10.6. The first-order valence-electron chi connectivity index (χ1n) is 3.77. The molecule has 0 saturated heterocycles. The molecule has 1 aromatic carbocycles. The van der Waals surface area contributed by atoms with Crippen molar-refractivity contribution in [2.75, 3.05) is 12.3 Å². The molecule has 1 rings (SSSR count). The Morgan fingerprint density at radius 2 is 2.36 bits per heavy atom. The van der Waals surface area contributed by atoms with Crippen LogP contribution in [0.15, 0.2) is 23.1 Å². The van der Waals surface area contributed by atoms with Gasteiger partial charge in [-0.2, -0.15) is 5.26 Å². The molecule has 4 nitrogen and oxygen atoms in total. The zero-order valence-corrected chi connectivity index (χ0v) is 8.12. The number of nitrogens with two attached hydrogens (primary N) is 1. The summed E-state index contributed by atoms with van der Waals surface area (Å²) in [4.78, 5) is 11.7. The fourth-order valence-electron chi connectivity index (χ4n) is 0.852. The highest BCUT2D eigenvalue weighted by Gasteiger charge is 2.07. The minimum atomic E-state index is -0.554. The van der Waals surface area contributed by atoms with Gasteiger partial charge in [0.05, 0.1) is 5.56 Å². The molecule has 0 fully saturated rings. The van der Waals surface area contributed by atoms with E-state index in [1.165, 1.54) is 12.1 Å². The van der Waals surface area contributed by atoms with Gasteiger partial charge in [-0.25, -0.2) is 4.79 Å². The Morgan fingerprint density at radius 3 is 2.93 bits per heavy atom. The number of thiol groups is 1. The van der Waals surface area contributed by atoms with Crippen LogP contribution in [0.5, 0.6) is 0 Å². The van der Waals surface area contributed by atoms with Gasteiger partial charge in [0, 0.05) is 10.6 Å². The van der Waals surface area contributed by atoms with Crippen LogP contribution in [-0.4, -0.2) is 12.6 Å². The number of nitrogens with zero attached hydrogens (tertiary/aromatic N) is 1. The van der Waals surface area contributed by atoms with E-state index in [9.17, 15) is 4.79 Å². The molecule has 0 heterocycles. The summed E-state index contributed by atoms with van der Waals surface area (Å²) >= 11 is 4.06. The standard InChI is InChI=1S/C9H8N2O2S/c10-3-4-13-9(12)6-1-2-7(11)8(14)5-6/h1-2,5,14H,4,11H2. The summed E-state index contributed by atoms with van der Waals surface area (Å²) in [5.74, 6) is -0.554. The van der Waals surface area contributed by atoms with Gasteiger partial charge in [0.1, 0.15) is 6.07 Å². The first-order valence-corrected chi connectivity index (χ1v) is 4.22. The number of carbonyl (C=O) groups is 1. The number of hydrogen-bond donors (Lipinski definition) is 2. The van der Waals surface area contributed by atoms with Crippen LogP contribution in [0.2, 0.25) is 0 Å². The molecule has 72 valence electrons. The summed E-state index contributed by atoms with van der Waals surface area (Å²) in [5.41, 5.74) is 6.33. The Morgan fingerprint density at radius 1 is 1.64 bits per heavy atom. The van der Waals surface area contributed by atoms with Gasteiger partial charge in [-0.3, -0.25) is 0 Å². The fourth-order valence-corrected chi connectivity index (χ4v) is 1.07. The number of rotatable bonds is 2. The maximum Gasteiger partial charge on any atom is 0.339 e. The van der Waals surface area contributed by atoms with E-state index < -0.39 is 5.97 Å². The van der Waals surface area contributed by atoms with E-state index in [2.05, 4.69) is 17.4 Å². The summed E-state index contributed by atoms with van der Waals surface area (Å²) < 4.78 is 4.60. The number of nitriles is 1. The van der Waals surface area contributed by atoms with E-state index in [-0.39, 0.29) is 6.61 Å². The number of nitrogen functional groups attached to an aromatic ring is 1. The molecule has 14 heavy (non-hydrogen) atoms. The van der Waals surface area contributed by atoms with Crippen molar-refractivity contribution in [3.63, 3.8) is 0 Å². The number of carbonyl (C=O) groups excluding carboxylic acids is 1. The number of hydrogen-bond acceptors (Lipinski definition) is 5. The Balaban J connectivity index is 2.82. The Bertz CT molecular complexity index is 398. The Labute approximate surface area is 86.7 Å². The van der Waals surface area contributed by atoms with Gasteiger partial charge in [0.15, 0.2) is 6.61 Å². The molecule has 0 bridgehead atoms. The zero-order valence-electron chi connectivity index (χ0n) is 7.23. The molecule has 0 aromatic heterocycles. The number of esters is 1. The predicted octanol–water partition coefficient (Wildman–Crippen LogP) is 1.24. The predicted molar refractivity (Wildman–Crippen MR) is 54.0 cm³/mol. The highest BCUT2D eigenvalue weighted by atomic mass is 32.1. The molecular weight excluding hydrogens is 200 g/mol. The molecule has 0 aliphatic carbocycles. The van der Waals surface area contributed by atoms with Gasteiger partial charge in [0.2, 0.25) is 0 Å². The van der Waals surface area contributed by atoms with Crippen LogP contribution in [0, 0.1) is 11.3 Å². The monoisotopic (exact) mass is 208 g/mol. The van der Waals surface area contributed by atoms with Gasteiger partial charge in [-0.05, 0) is 18.2 Å². The van der Waals surface area contributed by atoms with E-state index in [4.69, 9.17) is 11.0 Å². The molecule has 0 saturated carbocycles. The van der Waals surface area contributed by atoms with Gasteiger partial charge in [0.25, 0.3) is 0 Å². The van der Waals surface area contributed by atoms with E-state index in [0.29, 0.717) is 16.1 Å². The normalized spacial score (nSPS) is 9.14. The molecule has 0 spiro atoms. The maximum absolute atomic E-state index is 11.2. The van der Waals surface area contributed by atoms with Crippen molar-refractivity contribution < 1.29 is 9.53 Å². The van der Waals surface area contributed by atoms with Crippen LogP contribution in [0.25, 0.3) is 0 Å². The van der Waals surface area contributed by atoms with E-state index in [1.807, 2.05) is 0 Å². The minimum absolute atomic E-state index is 0.259. The summed E-state index contributed by atoms with van der Waals surface area (Å²) in [6.45, 7) is -0.259. The topological polar surface area (TPSA) is 76.1 Å². The average molecular weight is 208 g/mol. The second kappa shape index (κ2) is 4.53.